The Balaban J connectivity index is 1.45. The largest absolute Gasteiger partial charge is 0.489 e. The van der Waals surface area contributed by atoms with E-state index in [9.17, 15) is 9.90 Å². The molecule has 3 aromatic rings. The number of aldehydes is 1. The molecule has 1 aliphatic carbocycles. The van der Waals surface area contributed by atoms with Crippen LogP contribution in [0, 0.1) is 0 Å². The maximum Gasteiger partial charge on any atom is 0.150 e. The highest BCUT2D eigenvalue weighted by atomic mass is 16.5. The minimum absolute atomic E-state index is 0.232. The van der Waals surface area contributed by atoms with Crippen LogP contribution in [0.15, 0.2) is 54.7 Å². The van der Waals surface area contributed by atoms with Gasteiger partial charge in [0.15, 0.2) is 6.29 Å². The van der Waals surface area contributed by atoms with Gasteiger partial charge in [0.2, 0.25) is 0 Å². The summed E-state index contributed by atoms with van der Waals surface area (Å²) in [6, 6.07) is 15.9. The van der Waals surface area contributed by atoms with Crippen molar-refractivity contribution in [2.75, 3.05) is 13.2 Å². The summed E-state index contributed by atoms with van der Waals surface area (Å²) in [5.74, 6) is 0.707. The Kier molecular flexibility index (Phi) is 6.27. The van der Waals surface area contributed by atoms with Crippen LogP contribution in [0.4, 0.5) is 0 Å². The van der Waals surface area contributed by atoms with Crippen LogP contribution in [-0.4, -0.2) is 41.3 Å². The van der Waals surface area contributed by atoms with Crippen molar-refractivity contribution in [3.05, 3.63) is 60.3 Å². The zero-order chi connectivity index (χ0) is 20.1. The molecule has 0 bridgehead atoms. The van der Waals surface area contributed by atoms with E-state index in [1.807, 2.05) is 59.3 Å². The van der Waals surface area contributed by atoms with Crippen molar-refractivity contribution in [2.45, 2.75) is 44.2 Å². The van der Waals surface area contributed by atoms with E-state index in [2.05, 4.69) is 5.32 Å². The van der Waals surface area contributed by atoms with Gasteiger partial charge in [0, 0.05) is 29.7 Å². The standard InChI is InChI=1S/C24H28N2O3/c27-16-18-7-6-11-22-21(18)13-14-26(22)23-10-4-5-12-24(23)29-17-20(28)15-25-19-8-2-1-3-9-19/h4-7,10-14,16,19-20,25,28H,1-3,8-9,15,17H2. The number of nitrogens with one attached hydrogen (secondary N) is 1. The number of aliphatic hydroxyl groups is 1. The number of carbonyl (C=O) groups excluding carboxylic acids is 1. The van der Waals surface area contributed by atoms with Gasteiger partial charge in [-0.2, -0.15) is 0 Å². The number of para-hydroxylation sites is 2. The first kappa shape index (κ1) is 19.7. The lowest BCUT2D eigenvalue weighted by atomic mass is 9.95. The summed E-state index contributed by atoms with van der Waals surface area (Å²) in [6.07, 6.45) is 8.52. The predicted octanol–water partition coefficient (Wildman–Crippen LogP) is 4.11. The van der Waals surface area contributed by atoms with E-state index in [-0.39, 0.29) is 6.61 Å². The van der Waals surface area contributed by atoms with E-state index in [4.69, 9.17) is 4.74 Å². The van der Waals surface area contributed by atoms with Gasteiger partial charge in [0.25, 0.3) is 0 Å². The Hall–Kier alpha value is -2.63. The van der Waals surface area contributed by atoms with Crippen LogP contribution >= 0.6 is 0 Å². The van der Waals surface area contributed by atoms with Crippen LogP contribution in [0.5, 0.6) is 5.75 Å². The Bertz CT molecular complexity index is 960. The van der Waals surface area contributed by atoms with Crippen LogP contribution in [0.2, 0.25) is 0 Å². The van der Waals surface area contributed by atoms with E-state index < -0.39 is 6.10 Å². The molecular formula is C24H28N2O3. The molecule has 1 aromatic heterocycles. The van der Waals surface area contributed by atoms with Gasteiger partial charge in [-0.3, -0.25) is 4.79 Å². The number of aromatic nitrogens is 1. The first-order valence-electron chi connectivity index (χ1n) is 10.4. The van der Waals surface area contributed by atoms with Crippen molar-refractivity contribution < 1.29 is 14.6 Å². The molecule has 4 rings (SSSR count). The zero-order valence-electron chi connectivity index (χ0n) is 16.6. The number of aliphatic hydroxyl groups excluding tert-OH is 1. The second-order valence-electron chi connectivity index (χ2n) is 7.76. The van der Waals surface area contributed by atoms with Gasteiger partial charge in [-0.15, -0.1) is 0 Å². The van der Waals surface area contributed by atoms with E-state index >= 15 is 0 Å². The normalized spacial score (nSPS) is 16.0. The average molecular weight is 392 g/mol. The molecular weight excluding hydrogens is 364 g/mol. The first-order chi connectivity index (χ1) is 14.3. The Labute approximate surface area is 171 Å². The quantitative estimate of drug-likeness (QED) is 0.567. The molecule has 152 valence electrons. The van der Waals surface area contributed by atoms with Gasteiger partial charge in [-0.25, -0.2) is 0 Å². The number of hydrogen-bond acceptors (Lipinski definition) is 4. The lowest BCUT2D eigenvalue weighted by molar-refractivity contribution is 0.102. The van der Waals surface area contributed by atoms with Gasteiger partial charge in [-0.1, -0.05) is 43.5 Å². The topological polar surface area (TPSA) is 63.5 Å². The second kappa shape index (κ2) is 9.25. The third-order valence-corrected chi connectivity index (χ3v) is 5.70. The van der Waals surface area contributed by atoms with Gasteiger partial charge >= 0.3 is 0 Å². The molecule has 5 nitrogen and oxygen atoms in total. The van der Waals surface area contributed by atoms with E-state index in [1.165, 1.54) is 32.1 Å². The molecule has 1 aliphatic rings. The predicted molar refractivity (Wildman–Crippen MR) is 115 cm³/mol. The number of nitrogens with zero attached hydrogens (tertiary/aromatic N) is 1. The van der Waals surface area contributed by atoms with Crippen LogP contribution in [0.3, 0.4) is 0 Å². The molecule has 0 spiro atoms. The summed E-state index contributed by atoms with van der Waals surface area (Å²) in [5.41, 5.74) is 2.51. The molecule has 0 radical (unpaired) electrons. The minimum atomic E-state index is -0.562. The molecule has 1 unspecified atom stereocenters. The summed E-state index contributed by atoms with van der Waals surface area (Å²) in [4.78, 5) is 11.3. The molecule has 0 saturated heterocycles. The Morgan fingerprint density at radius 3 is 2.76 bits per heavy atom. The number of hydrogen-bond donors (Lipinski definition) is 2. The highest BCUT2D eigenvalue weighted by Crippen LogP contribution is 2.28. The van der Waals surface area contributed by atoms with Gasteiger partial charge in [0.05, 0.1) is 11.2 Å². The highest BCUT2D eigenvalue weighted by Gasteiger charge is 2.16. The molecule has 0 aliphatic heterocycles. The lowest BCUT2D eigenvalue weighted by Crippen LogP contribution is -2.39. The molecule has 1 heterocycles. The fourth-order valence-electron chi connectivity index (χ4n) is 4.14. The molecule has 5 heteroatoms. The van der Waals surface area contributed by atoms with Gasteiger partial charge < -0.3 is 19.7 Å². The minimum Gasteiger partial charge on any atom is -0.489 e. The van der Waals surface area contributed by atoms with E-state index in [0.717, 1.165) is 22.9 Å². The van der Waals surface area contributed by atoms with Gasteiger partial charge in [-0.05, 0) is 37.1 Å². The first-order valence-corrected chi connectivity index (χ1v) is 10.4. The Morgan fingerprint density at radius 1 is 1.10 bits per heavy atom. The van der Waals surface area contributed by atoms with E-state index in [0.29, 0.717) is 23.9 Å². The number of carbonyl (C=O) groups is 1. The van der Waals surface area contributed by atoms with Crippen LogP contribution < -0.4 is 10.1 Å². The average Bonchev–Trinajstić information content (AvgIpc) is 3.21. The molecule has 1 fully saturated rings. The SMILES string of the molecule is O=Cc1cccc2c1ccn2-c1ccccc1OCC(O)CNC1CCCCC1. The molecule has 1 atom stereocenters. The van der Waals surface area contributed by atoms with Crippen molar-refractivity contribution in [3.63, 3.8) is 0 Å². The maximum atomic E-state index is 11.3. The molecule has 1 saturated carbocycles. The van der Waals surface area contributed by atoms with E-state index in [1.54, 1.807) is 0 Å². The Morgan fingerprint density at radius 2 is 1.93 bits per heavy atom. The summed E-state index contributed by atoms with van der Waals surface area (Å²) in [5, 5.41) is 14.7. The molecule has 2 aromatic carbocycles. The smallest absolute Gasteiger partial charge is 0.150 e. The number of rotatable bonds is 8. The maximum absolute atomic E-state index is 11.3. The second-order valence-corrected chi connectivity index (χ2v) is 7.76. The fraction of sp³-hybridized carbons (Fsp3) is 0.375. The van der Waals surface area contributed by atoms with Crippen molar-refractivity contribution >= 4 is 17.2 Å². The number of ether oxygens (including phenoxy) is 1. The third kappa shape index (κ3) is 4.52. The highest BCUT2D eigenvalue weighted by molar-refractivity contribution is 5.97. The van der Waals surface area contributed by atoms with Crippen molar-refractivity contribution in [2.24, 2.45) is 0 Å². The van der Waals surface area contributed by atoms with Crippen molar-refractivity contribution in [3.8, 4) is 11.4 Å². The lowest BCUT2D eigenvalue weighted by Gasteiger charge is -2.24. The van der Waals surface area contributed by atoms with Crippen LogP contribution in [-0.2, 0) is 0 Å². The number of fused-ring (bicyclic) bond motifs is 1. The van der Waals surface area contributed by atoms with Gasteiger partial charge in [0.1, 0.15) is 18.5 Å². The summed E-state index contributed by atoms with van der Waals surface area (Å²) in [6.45, 7) is 0.775. The monoisotopic (exact) mass is 392 g/mol. The van der Waals surface area contributed by atoms with Crippen molar-refractivity contribution in [1.82, 2.24) is 9.88 Å². The summed E-state index contributed by atoms with van der Waals surface area (Å²) >= 11 is 0. The molecule has 2 N–H and O–H groups in total. The van der Waals surface area contributed by atoms with Crippen LogP contribution in [0.25, 0.3) is 16.6 Å². The zero-order valence-corrected chi connectivity index (χ0v) is 16.6. The molecule has 0 amide bonds. The number of benzene rings is 2. The fourth-order valence-corrected chi connectivity index (χ4v) is 4.14. The van der Waals surface area contributed by atoms with Crippen molar-refractivity contribution in [1.29, 1.82) is 0 Å². The summed E-state index contributed by atoms with van der Waals surface area (Å²) < 4.78 is 8.01. The van der Waals surface area contributed by atoms with Crippen LogP contribution in [0.1, 0.15) is 42.5 Å². The molecule has 29 heavy (non-hydrogen) atoms. The summed E-state index contributed by atoms with van der Waals surface area (Å²) in [7, 11) is 0. The third-order valence-electron chi connectivity index (χ3n) is 5.70.